The van der Waals surface area contributed by atoms with Crippen LogP contribution in [0.2, 0.25) is 4.34 Å². The highest BCUT2D eigenvalue weighted by molar-refractivity contribution is 7.91. The van der Waals surface area contributed by atoms with Crippen molar-refractivity contribution in [3.05, 3.63) is 16.5 Å². The summed E-state index contributed by atoms with van der Waals surface area (Å²) in [6.07, 6.45) is 0. The van der Waals surface area contributed by atoms with Crippen LogP contribution in [0.5, 0.6) is 0 Å². The molecule has 1 rings (SSSR count). The van der Waals surface area contributed by atoms with Crippen molar-refractivity contribution in [3.8, 4) is 0 Å². The summed E-state index contributed by atoms with van der Waals surface area (Å²) < 4.78 is 26.5. The second-order valence-corrected chi connectivity index (χ2v) is 7.19. The molecule has 1 unspecified atom stereocenters. The quantitative estimate of drug-likeness (QED) is 0.846. The highest BCUT2D eigenvalue weighted by Crippen LogP contribution is 2.25. The van der Waals surface area contributed by atoms with Gasteiger partial charge in [-0.25, -0.2) is 13.1 Å². The largest absolute Gasteiger partial charge is 0.250 e. The van der Waals surface area contributed by atoms with Crippen molar-refractivity contribution in [2.24, 2.45) is 5.92 Å². The molecule has 0 bridgehead atoms. The van der Waals surface area contributed by atoms with E-state index in [1.807, 2.05) is 6.92 Å². The molecule has 1 aromatic rings. The van der Waals surface area contributed by atoms with E-state index in [0.29, 0.717) is 16.8 Å². The van der Waals surface area contributed by atoms with Crippen LogP contribution in [0.3, 0.4) is 0 Å². The minimum absolute atomic E-state index is 0.108. The predicted molar refractivity (Wildman–Crippen MR) is 64.4 cm³/mol. The van der Waals surface area contributed by atoms with Crippen LogP contribution in [0.25, 0.3) is 0 Å². The number of thiophene rings is 1. The lowest BCUT2D eigenvalue weighted by molar-refractivity contribution is 0.563. The molecular formula is C8H11Cl2NO2S2. The molecule has 1 aromatic heterocycles. The molecule has 0 spiro atoms. The van der Waals surface area contributed by atoms with Crippen LogP contribution in [0.4, 0.5) is 0 Å². The van der Waals surface area contributed by atoms with Crippen molar-refractivity contribution in [2.45, 2.75) is 11.1 Å². The van der Waals surface area contributed by atoms with Crippen molar-refractivity contribution < 1.29 is 8.42 Å². The fourth-order valence-corrected chi connectivity index (χ4v) is 3.62. The molecule has 0 aliphatic carbocycles. The van der Waals surface area contributed by atoms with E-state index in [4.69, 9.17) is 23.2 Å². The maximum atomic E-state index is 11.7. The smallest absolute Gasteiger partial charge is 0.210 e. The highest BCUT2D eigenvalue weighted by atomic mass is 35.5. The van der Waals surface area contributed by atoms with Gasteiger partial charge in [0.15, 0.2) is 0 Å². The van der Waals surface area contributed by atoms with Gasteiger partial charge in [0.1, 0.15) is 4.21 Å². The molecule has 86 valence electrons. The second-order valence-electron chi connectivity index (χ2n) is 3.17. The van der Waals surface area contributed by atoms with Crippen molar-refractivity contribution in [1.82, 2.24) is 4.72 Å². The van der Waals surface area contributed by atoms with Gasteiger partial charge in [0.25, 0.3) is 0 Å². The number of sulfonamides is 1. The average molecular weight is 288 g/mol. The molecule has 0 fully saturated rings. The molecule has 15 heavy (non-hydrogen) atoms. The molecule has 0 aromatic carbocycles. The molecule has 0 saturated heterocycles. The van der Waals surface area contributed by atoms with Crippen LogP contribution >= 0.6 is 34.5 Å². The van der Waals surface area contributed by atoms with E-state index in [9.17, 15) is 8.42 Å². The zero-order valence-corrected chi connectivity index (χ0v) is 11.2. The maximum absolute atomic E-state index is 11.7. The van der Waals surface area contributed by atoms with Gasteiger partial charge in [-0.05, 0) is 18.1 Å². The molecule has 1 atom stereocenters. The summed E-state index contributed by atoms with van der Waals surface area (Å²) in [5.74, 6) is 0.533. The summed E-state index contributed by atoms with van der Waals surface area (Å²) in [5.41, 5.74) is 0. The Labute approximate surface area is 103 Å². The standard InChI is InChI=1S/C8H11Cl2NO2S2/c1-6(4-9)5-11-15(12,13)8-3-2-7(10)14-8/h2-3,6,11H,4-5H2,1H3. The van der Waals surface area contributed by atoms with Crippen molar-refractivity contribution in [2.75, 3.05) is 12.4 Å². The lowest BCUT2D eigenvalue weighted by Crippen LogP contribution is -2.28. The second kappa shape index (κ2) is 5.50. The van der Waals surface area contributed by atoms with Crippen molar-refractivity contribution in [3.63, 3.8) is 0 Å². The number of nitrogens with one attached hydrogen (secondary N) is 1. The van der Waals surface area contributed by atoms with Gasteiger partial charge < -0.3 is 0 Å². The third-order valence-corrected chi connectivity index (χ3v) is 5.37. The van der Waals surface area contributed by atoms with E-state index >= 15 is 0 Å². The summed E-state index contributed by atoms with van der Waals surface area (Å²) in [4.78, 5) is 0. The van der Waals surface area contributed by atoms with Gasteiger partial charge in [-0.15, -0.1) is 22.9 Å². The van der Waals surface area contributed by atoms with E-state index in [-0.39, 0.29) is 10.1 Å². The normalized spacial score (nSPS) is 14.1. The zero-order chi connectivity index (χ0) is 11.5. The topological polar surface area (TPSA) is 46.2 Å². The molecule has 7 heteroatoms. The summed E-state index contributed by atoms with van der Waals surface area (Å²) in [7, 11) is -3.42. The fraction of sp³-hybridized carbons (Fsp3) is 0.500. The third-order valence-electron chi connectivity index (χ3n) is 1.70. The number of halogens is 2. The predicted octanol–water partition coefficient (Wildman–Crippen LogP) is 2.55. The third kappa shape index (κ3) is 3.92. The first-order valence-corrected chi connectivity index (χ1v) is 7.48. The minimum Gasteiger partial charge on any atom is -0.210 e. The van der Waals surface area contributed by atoms with Crippen LogP contribution < -0.4 is 4.72 Å². The van der Waals surface area contributed by atoms with E-state index in [0.717, 1.165) is 11.3 Å². The van der Waals surface area contributed by atoms with Gasteiger partial charge in [-0.1, -0.05) is 18.5 Å². The molecule has 0 aliphatic heterocycles. The Kier molecular flexibility index (Phi) is 4.86. The Morgan fingerprint density at radius 1 is 1.53 bits per heavy atom. The minimum atomic E-state index is -3.42. The Morgan fingerprint density at radius 2 is 2.20 bits per heavy atom. The first-order valence-electron chi connectivity index (χ1n) is 4.26. The van der Waals surface area contributed by atoms with Gasteiger partial charge in [0, 0.05) is 12.4 Å². The summed E-state index contributed by atoms with van der Waals surface area (Å²) in [6, 6.07) is 3.05. The zero-order valence-electron chi connectivity index (χ0n) is 8.04. The SMILES string of the molecule is CC(CCl)CNS(=O)(=O)c1ccc(Cl)s1. The van der Waals surface area contributed by atoms with Crippen LogP contribution in [-0.2, 0) is 10.0 Å². The van der Waals surface area contributed by atoms with Gasteiger partial charge in [-0.3, -0.25) is 0 Å². The maximum Gasteiger partial charge on any atom is 0.250 e. The number of alkyl halides is 1. The Balaban J connectivity index is 2.68. The van der Waals surface area contributed by atoms with E-state index in [1.165, 1.54) is 6.07 Å². The summed E-state index contributed by atoms with van der Waals surface area (Å²) >= 11 is 12.3. The highest BCUT2D eigenvalue weighted by Gasteiger charge is 2.16. The van der Waals surface area contributed by atoms with Crippen LogP contribution in [-0.4, -0.2) is 20.8 Å². The molecule has 0 radical (unpaired) electrons. The monoisotopic (exact) mass is 287 g/mol. The van der Waals surface area contributed by atoms with Crippen molar-refractivity contribution >= 4 is 44.6 Å². The Hall–Kier alpha value is 0.190. The molecular weight excluding hydrogens is 277 g/mol. The first-order chi connectivity index (χ1) is 6.95. The molecule has 1 heterocycles. The Bertz CT molecular complexity index is 416. The van der Waals surface area contributed by atoms with Crippen LogP contribution in [0.15, 0.2) is 16.3 Å². The van der Waals surface area contributed by atoms with Gasteiger partial charge in [-0.2, -0.15) is 0 Å². The average Bonchev–Trinajstić information content (AvgIpc) is 2.62. The molecule has 1 N–H and O–H groups in total. The first kappa shape index (κ1) is 13.3. The number of hydrogen-bond donors (Lipinski definition) is 1. The molecule has 0 aliphatic rings. The molecule has 0 saturated carbocycles. The van der Waals surface area contributed by atoms with Gasteiger partial charge in [0.05, 0.1) is 4.34 Å². The summed E-state index contributed by atoms with van der Waals surface area (Å²) in [6.45, 7) is 2.21. The van der Waals surface area contributed by atoms with Crippen LogP contribution in [0, 0.1) is 5.92 Å². The lowest BCUT2D eigenvalue weighted by atomic mass is 10.2. The van der Waals surface area contributed by atoms with Gasteiger partial charge >= 0.3 is 0 Å². The van der Waals surface area contributed by atoms with Crippen LogP contribution in [0.1, 0.15) is 6.92 Å². The fourth-order valence-electron chi connectivity index (χ4n) is 0.820. The van der Waals surface area contributed by atoms with E-state index in [1.54, 1.807) is 6.07 Å². The number of hydrogen-bond acceptors (Lipinski definition) is 3. The van der Waals surface area contributed by atoms with Gasteiger partial charge in [0.2, 0.25) is 10.0 Å². The Morgan fingerprint density at radius 3 is 2.67 bits per heavy atom. The van der Waals surface area contributed by atoms with E-state index in [2.05, 4.69) is 4.72 Å². The lowest BCUT2D eigenvalue weighted by Gasteiger charge is -2.08. The van der Waals surface area contributed by atoms with Crippen molar-refractivity contribution in [1.29, 1.82) is 0 Å². The summed E-state index contributed by atoms with van der Waals surface area (Å²) in [5, 5.41) is 0. The molecule has 3 nitrogen and oxygen atoms in total. The number of rotatable bonds is 5. The molecule has 0 amide bonds. The van der Waals surface area contributed by atoms with E-state index < -0.39 is 10.0 Å².